The van der Waals surface area contributed by atoms with E-state index in [1.54, 1.807) is 0 Å². The Kier molecular flexibility index (Phi) is 6.97. The van der Waals surface area contributed by atoms with Gasteiger partial charge in [-0.3, -0.25) is 0 Å². The Hall–Kier alpha value is -1.00. The van der Waals surface area contributed by atoms with Crippen molar-refractivity contribution in [3.8, 4) is 0 Å². The molecule has 128 valence electrons. The van der Waals surface area contributed by atoms with Crippen LogP contribution in [0.25, 0.3) is 0 Å². The van der Waals surface area contributed by atoms with Crippen LogP contribution in [0.1, 0.15) is 58.4 Å². The lowest BCUT2D eigenvalue weighted by molar-refractivity contribution is 0.111. The van der Waals surface area contributed by atoms with E-state index in [-0.39, 0.29) is 4.75 Å². The summed E-state index contributed by atoms with van der Waals surface area (Å²) in [5, 5.41) is 0. The fraction of sp³-hybridized carbons (Fsp3) is 0.632. The molecule has 23 heavy (non-hydrogen) atoms. The van der Waals surface area contributed by atoms with Gasteiger partial charge in [-0.15, -0.1) is 0 Å². The van der Waals surface area contributed by atoms with Gasteiger partial charge in [-0.1, -0.05) is 36.8 Å². The molecular formula is C19H29NO2S. The maximum Gasteiger partial charge on any atom is 0.144 e. The summed E-state index contributed by atoms with van der Waals surface area (Å²) in [4.78, 5) is 0. The smallest absolute Gasteiger partial charge is 0.144 e. The number of rotatable bonds is 6. The number of hydrogen-bond donors (Lipinski definition) is 0. The Bertz CT molecular complexity index is 534. The van der Waals surface area contributed by atoms with Crippen molar-refractivity contribution in [3.63, 3.8) is 0 Å². The van der Waals surface area contributed by atoms with Crippen LogP contribution in [-0.4, -0.2) is 21.3 Å². The topological polar surface area (TPSA) is 38.7 Å². The molecule has 2 atom stereocenters. The van der Waals surface area contributed by atoms with Crippen LogP contribution in [-0.2, 0) is 22.3 Å². The maximum absolute atomic E-state index is 12.3. The predicted octanol–water partition coefficient (Wildman–Crippen LogP) is 4.69. The molecule has 0 heterocycles. The van der Waals surface area contributed by atoms with Gasteiger partial charge in [0.1, 0.15) is 11.0 Å². The molecule has 0 N–H and O–H groups in total. The lowest BCUT2D eigenvalue weighted by Gasteiger charge is -2.25. The van der Waals surface area contributed by atoms with E-state index < -0.39 is 11.0 Å². The van der Waals surface area contributed by atoms with Crippen molar-refractivity contribution >= 4 is 16.7 Å². The second-order valence-electron chi connectivity index (χ2n) is 7.21. The van der Waals surface area contributed by atoms with Gasteiger partial charge < -0.3 is 4.74 Å². The van der Waals surface area contributed by atoms with Crippen LogP contribution >= 0.6 is 0 Å². The third-order valence-corrected chi connectivity index (χ3v) is 5.60. The van der Waals surface area contributed by atoms with E-state index >= 15 is 0 Å². The molecule has 4 heteroatoms. The Balaban J connectivity index is 1.84. The summed E-state index contributed by atoms with van der Waals surface area (Å²) in [5.41, 5.74) is 2.35. The van der Waals surface area contributed by atoms with Crippen molar-refractivity contribution in [2.24, 2.45) is 10.3 Å². The second-order valence-corrected chi connectivity index (χ2v) is 9.12. The first-order valence-electron chi connectivity index (χ1n) is 8.58. The van der Waals surface area contributed by atoms with Crippen LogP contribution in [0, 0.1) is 5.92 Å². The molecule has 1 saturated carbocycles. The van der Waals surface area contributed by atoms with Gasteiger partial charge in [-0.2, -0.15) is 4.40 Å². The van der Waals surface area contributed by atoms with E-state index in [0.717, 1.165) is 31.6 Å². The van der Waals surface area contributed by atoms with E-state index in [4.69, 9.17) is 4.74 Å². The molecule has 1 fully saturated rings. The quantitative estimate of drug-likeness (QED) is 0.708. The fourth-order valence-corrected chi connectivity index (χ4v) is 3.46. The molecule has 1 aliphatic carbocycles. The van der Waals surface area contributed by atoms with Gasteiger partial charge in [0, 0.05) is 18.2 Å². The molecule has 1 aromatic carbocycles. The van der Waals surface area contributed by atoms with Crippen LogP contribution in [0.15, 0.2) is 34.7 Å². The summed E-state index contributed by atoms with van der Waals surface area (Å²) in [5.74, 6) is 0.436. The molecule has 0 unspecified atom stereocenters. The number of ether oxygens (including phenoxy) is 1. The van der Waals surface area contributed by atoms with Gasteiger partial charge >= 0.3 is 0 Å². The molecule has 2 rings (SSSR count). The average Bonchev–Trinajstić information content (AvgIpc) is 2.53. The normalized spacial score (nSPS) is 22.2. The SMILES string of the molecule is CC(C)(C)[S@@](=O)/N=C1\CCCC[C@@H]1CCOCc1ccccc1. The zero-order chi connectivity index (χ0) is 16.7. The van der Waals surface area contributed by atoms with Crippen LogP contribution in [0.4, 0.5) is 0 Å². The van der Waals surface area contributed by atoms with Crippen molar-refractivity contribution in [3.05, 3.63) is 35.9 Å². The summed E-state index contributed by atoms with van der Waals surface area (Å²) < 4.78 is 22.4. The van der Waals surface area contributed by atoms with Crippen molar-refractivity contribution in [2.75, 3.05) is 6.61 Å². The first kappa shape index (κ1) is 18.3. The minimum atomic E-state index is -1.15. The third kappa shape index (κ3) is 6.19. The van der Waals surface area contributed by atoms with Crippen LogP contribution < -0.4 is 0 Å². The Labute approximate surface area is 143 Å². The van der Waals surface area contributed by atoms with E-state index in [1.165, 1.54) is 18.4 Å². The van der Waals surface area contributed by atoms with Gasteiger partial charge in [0.15, 0.2) is 0 Å². The number of benzene rings is 1. The largest absolute Gasteiger partial charge is 0.377 e. The summed E-state index contributed by atoms with van der Waals surface area (Å²) in [6, 6.07) is 10.3. The molecule has 0 aromatic heterocycles. The molecule has 0 spiro atoms. The highest BCUT2D eigenvalue weighted by Gasteiger charge is 2.24. The number of hydrogen-bond acceptors (Lipinski definition) is 2. The van der Waals surface area contributed by atoms with Crippen molar-refractivity contribution < 1.29 is 8.95 Å². The third-order valence-electron chi connectivity index (χ3n) is 4.15. The van der Waals surface area contributed by atoms with Crippen LogP contribution in [0.3, 0.4) is 0 Å². The molecule has 1 aliphatic rings. The van der Waals surface area contributed by atoms with Gasteiger partial charge in [0.05, 0.1) is 11.4 Å². The Morgan fingerprint density at radius 3 is 2.65 bits per heavy atom. The average molecular weight is 336 g/mol. The Morgan fingerprint density at radius 2 is 1.96 bits per heavy atom. The highest BCUT2D eigenvalue weighted by atomic mass is 32.2. The van der Waals surface area contributed by atoms with Crippen LogP contribution in [0.5, 0.6) is 0 Å². The zero-order valence-corrected chi connectivity index (χ0v) is 15.4. The lowest BCUT2D eigenvalue weighted by Crippen LogP contribution is -2.26. The van der Waals surface area contributed by atoms with Gasteiger partial charge in [-0.05, 0) is 52.0 Å². The maximum atomic E-state index is 12.3. The molecule has 0 bridgehead atoms. The van der Waals surface area contributed by atoms with E-state index in [9.17, 15) is 4.21 Å². The predicted molar refractivity (Wildman–Crippen MR) is 98.0 cm³/mol. The molecule has 0 amide bonds. The van der Waals surface area contributed by atoms with Crippen molar-refractivity contribution in [2.45, 2.75) is 64.2 Å². The molecule has 0 saturated heterocycles. The molecule has 3 nitrogen and oxygen atoms in total. The van der Waals surface area contributed by atoms with Crippen LogP contribution in [0.2, 0.25) is 0 Å². The second kappa shape index (κ2) is 8.74. The fourth-order valence-electron chi connectivity index (χ4n) is 2.73. The monoisotopic (exact) mass is 335 g/mol. The van der Waals surface area contributed by atoms with Crippen molar-refractivity contribution in [1.82, 2.24) is 0 Å². The molecular weight excluding hydrogens is 306 g/mol. The molecule has 0 aliphatic heterocycles. The summed E-state index contributed by atoms with van der Waals surface area (Å²) in [6.45, 7) is 7.34. The Morgan fingerprint density at radius 1 is 1.22 bits per heavy atom. The van der Waals surface area contributed by atoms with Gasteiger partial charge in [0.25, 0.3) is 0 Å². The summed E-state index contributed by atoms with van der Waals surface area (Å²) in [6.07, 6.45) is 5.53. The highest BCUT2D eigenvalue weighted by Crippen LogP contribution is 2.26. The van der Waals surface area contributed by atoms with E-state index in [1.807, 2.05) is 39.0 Å². The summed E-state index contributed by atoms with van der Waals surface area (Å²) >= 11 is 0. The van der Waals surface area contributed by atoms with E-state index in [2.05, 4.69) is 16.5 Å². The van der Waals surface area contributed by atoms with Gasteiger partial charge in [-0.25, -0.2) is 4.21 Å². The summed E-state index contributed by atoms with van der Waals surface area (Å²) in [7, 11) is -1.15. The van der Waals surface area contributed by atoms with E-state index in [0.29, 0.717) is 12.5 Å². The first-order valence-corrected chi connectivity index (χ1v) is 9.68. The zero-order valence-electron chi connectivity index (χ0n) is 14.6. The minimum Gasteiger partial charge on any atom is -0.377 e. The van der Waals surface area contributed by atoms with Gasteiger partial charge in [0.2, 0.25) is 0 Å². The molecule has 0 radical (unpaired) electrons. The molecule has 1 aromatic rings. The lowest BCUT2D eigenvalue weighted by atomic mass is 9.85. The standard InChI is InChI=1S/C19H29NO2S/c1-19(2,3)23(21)20-18-12-8-7-11-17(18)13-14-22-15-16-9-5-4-6-10-16/h4-6,9-10,17H,7-8,11-15H2,1-3H3/b20-18+/t17-,23-/m1/s1. The minimum absolute atomic E-state index is 0.279. The van der Waals surface area contributed by atoms with Crippen molar-refractivity contribution in [1.29, 1.82) is 0 Å². The number of nitrogens with zero attached hydrogens (tertiary/aromatic N) is 1. The first-order chi connectivity index (χ1) is 11.0. The highest BCUT2D eigenvalue weighted by molar-refractivity contribution is 7.85.